The van der Waals surface area contributed by atoms with E-state index in [1.54, 1.807) is 0 Å². The van der Waals surface area contributed by atoms with Crippen LogP contribution in [-0.2, 0) is 28.6 Å². The molecule has 6 nitrogen and oxygen atoms in total. The minimum Gasteiger partial charge on any atom is -0.462 e. The minimum atomic E-state index is -0.758. The molecule has 0 amide bonds. The van der Waals surface area contributed by atoms with Crippen LogP contribution < -0.4 is 0 Å². The van der Waals surface area contributed by atoms with Crippen molar-refractivity contribution in [3.05, 3.63) is 0 Å². The maximum atomic E-state index is 12.7. The number of hydrogen-bond donors (Lipinski definition) is 0. The molecular weight excluding hydrogens is 721 g/mol. The van der Waals surface area contributed by atoms with Crippen LogP contribution in [0.1, 0.15) is 297 Å². The molecule has 0 rings (SSSR count). The number of hydrogen-bond acceptors (Lipinski definition) is 6. The van der Waals surface area contributed by atoms with Crippen LogP contribution in [0.15, 0.2) is 0 Å². The lowest BCUT2D eigenvalue weighted by Crippen LogP contribution is -2.30. The summed E-state index contributed by atoms with van der Waals surface area (Å²) in [5.41, 5.74) is 0. The summed E-state index contributed by atoms with van der Waals surface area (Å²) in [6, 6.07) is 0. The molecule has 0 aliphatic rings. The average molecular weight is 821 g/mol. The number of rotatable bonds is 48. The summed E-state index contributed by atoms with van der Waals surface area (Å²) >= 11 is 0. The molecule has 0 aromatic heterocycles. The maximum absolute atomic E-state index is 12.7. The Labute approximate surface area is 361 Å². The van der Waals surface area contributed by atoms with Crippen molar-refractivity contribution in [3.63, 3.8) is 0 Å². The van der Waals surface area contributed by atoms with Gasteiger partial charge in [-0.3, -0.25) is 14.4 Å². The Hall–Kier alpha value is -1.59. The number of ether oxygens (including phenoxy) is 3. The Morgan fingerprint density at radius 1 is 0.276 bits per heavy atom. The van der Waals surface area contributed by atoms with E-state index in [2.05, 4.69) is 20.8 Å². The second-order valence-electron chi connectivity index (χ2n) is 17.8. The van der Waals surface area contributed by atoms with Crippen LogP contribution in [0.25, 0.3) is 0 Å². The summed E-state index contributed by atoms with van der Waals surface area (Å²) in [5, 5.41) is 0. The summed E-state index contributed by atoms with van der Waals surface area (Å²) in [4.78, 5) is 37.8. The summed E-state index contributed by atoms with van der Waals surface area (Å²) in [6.45, 7) is 6.65. The number of carbonyl (C=O) groups is 3. The first-order valence-electron chi connectivity index (χ1n) is 26.0. The molecule has 0 aromatic carbocycles. The first kappa shape index (κ1) is 56.4. The van der Waals surface area contributed by atoms with Crippen LogP contribution in [-0.4, -0.2) is 37.2 Å². The van der Waals surface area contributed by atoms with Gasteiger partial charge in [-0.15, -0.1) is 0 Å². The molecule has 0 aromatic rings. The van der Waals surface area contributed by atoms with Crippen molar-refractivity contribution in [1.82, 2.24) is 0 Å². The summed E-state index contributed by atoms with van der Waals surface area (Å²) in [6.07, 6.45) is 51.0. The molecule has 344 valence electrons. The van der Waals surface area contributed by atoms with Crippen molar-refractivity contribution in [2.75, 3.05) is 13.2 Å². The van der Waals surface area contributed by atoms with E-state index in [4.69, 9.17) is 14.2 Å². The third-order valence-electron chi connectivity index (χ3n) is 11.9. The molecule has 0 radical (unpaired) electrons. The Morgan fingerprint density at radius 2 is 0.466 bits per heavy atom. The lowest BCUT2D eigenvalue weighted by molar-refractivity contribution is -0.167. The Balaban J connectivity index is 4.17. The molecule has 0 aliphatic carbocycles. The molecule has 0 heterocycles. The standard InChI is InChI=1S/C52H100O6/c1-4-7-10-13-16-19-21-22-23-24-25-26-27-28-29-31-33-36-39-42-45-51(54)57-48-49(47-56-50(53)44-41-38-35-32-18-15-12-9-6-3)58-52(55)46-43-40-37-34-30-20-17-14-11-8-5-2/h49H,4-48H2,1-3H3. The van der Waals surface area contributed by atoms with Gasteiger partial charge in [-0.1, -0.05) is 258 Å². The van der Waals surface area contributed by atoms with Gasteiger partial charge in [0, 0.05) is 19.3 Å². The fraction of sp³-hybridized carbons (Fsp3) is 0.942. The topological polar surface area (TPSA) is 78.9 Å². The first-order valence-corrected chi connectivity index (χ1v) is 26.0. The molecule has 58 heavy (non-hydrogen) atoms. The second kappa shape index (κ2) is 48.1. The van der Waals surface area contributed by atoms with Gasteiger partial charge in [-0.05, 0) is 19.3 Å². The van der Waals surface area contributed by atoms with Crippen LogP contribution in [0.3, 0.4) is 0 Å². The molecule has 6 heteroatoms. The van der Waals surface area contributed by atoms with Crippen LogP contribution in [0.2, 0.25) is 0 Å². The number of carbonyl (C=O) groups excluding carboxylic acids is 3. The fourth-order valence-corrected chi connectivity index (χ4v) is 7.92. The smallest absolute Gasteiger partial charge is 0.306 e. The molecule has 1 unspecified atom stereocenters. The average Bonchev–Trinajstić information content (AvgIpc) is 3.22. The number of unbranched alkanes of at least 4 members (excludes halogenated alkanes) is 37. The van der Waals surface area contributed by atoms with E-state index in [-0.39, 0.29) is 31.1 Å². The highest BCUT2D eigenvalue weighted by Gasteiger charge is 2.19. The van der Waals surface area contributed by atoms with E-state index in [0.29, 0.717) is 19.3 Å². The fourth-order valence-electron chi connectivity index (χ4n) is 7.92. The highest BCUT2D eigenvalue weighted by atomic mass is 16.6. The molecule has 0 saturated carbocycles. The summed E-state index contributed by atoms with van der Waals surface area (Å²) in [5.74, 6) is -0.846. The predicted octanol–water partition coefficient (Wildman–Crippen LogP) is 16.8. The van der Waals surface area contributed by atoms with E-state index in [0.717, 1.165) is 57.8 Å². The summed E-state index contributed by atoms with van der Waals surface area (Å²) in [7, 11) is 0. The van der Waals surface area contributed by atoms with Crippen molar-refractivity contribution in [3.8, 4) is 0 Å². The third-order valence-corrected chi connectivity index (χ3v) is 11.9. The van der Waals surface area contributed by atoms with Crippen molar-refractivity contribution >= 4 is 17.9 Å². The zero-order valence-corrected chi connectivity index (χ0v) is 39.3. The van der Waals surface area contributed by atoms with Crippen molar-refractivity contribution in [2.45, 2.75) is 303 Å². The van der Waals surface area contributed by atoms with Crippen molar-refractivity contribution < 1.29 is 28.6 Å². The van der Waals surface area contributed by atoms with E-state index in [1.165, 1.54) is 199 Å². The molecular formula is C52H100O6. The SMILES string of the molecule is CCCCCCCCCCCCCCCCCCCCCCC(=O)OCC(COC(=O)CCCCCCCCCCC)OC(=O)CCCCCCCCCCCCC. The molecule has 0 N–H and O–H groups in total. The number of esters is 3. The monoisotopic (exact) mass is 821 g/mol. The Kier molecular flexibility index (Phi) is 46.8. The molecule has 0 aliphatic heterocycles. The van der Waals surface area contributed by atoms with E-state index < -0.39 is 6.10 Å². The zero-order valence-electron chi connectivity index (χ0n) is 39.3. The molecule has 0 fully saturated rings. The third kappa shape index (κ3) is 45.5. The van der Waals surface area contributed by atoms with Crippen LogP contribution in [0, 0.1) is 0 Å². The van der Waals surface area contributed by atoms with Crippen LogP contribution in [0.4, 0.5) is 0 Å². The highest BCUT2D eigenvalue weighted by Crippen LogP contribution is 2.17. The van der Waals surface area contributed by atoms with Crippen LogP contribution >= 0.6 is 0 Å². The minimum absolute atomic E-state index is 0.0622. The van der Waals surface area contributed by atoms with E-state index in [1.807, 2.05) is 0 Å². The Bertz CT molecular complexity index is 859. The van der Waals surface area contributed by atoms with Gasteiger partial charge in [0.1, 0.15) is 13.2 Å². The van der Waals surface area contributed by atoms with Gasteiger partial charge in [0.05, 0.1) is 0 Å². The highest BCUT2D eigenvalue weighted by molar-refractivity contribution is 5.71. The normalized spacial score (nSPS) is 11.8. The van der Waals surface area contributed by atoms with Gasteiger partial charge < -0.3 is 14.2 Å². The van der Waals surface area contributed by atoms with Gasteiger partial charge in [-0.2, -0.15) is 0 Å². The zero-order chi connectivity index (χ0) is 42.3. The predicted molar refractivity (Wildman–Crippen MR) is 247 cm³/mol. The van der Waals surface area contributed by atoms with Crippen LogP contribution in [0.5, 0.6) is 0 Å². The van der Waals surface area contributed by atoms with Gasteiger partial charge >= 0.3 is 17.9 Å². The second-order valence-corrected chi connectivity index (χ2v) is 17.8. The van der Waals surface area contributed by atoms with Crippen molar-refractivity contribution in [2.24, 2.45) is 0 Å². The summed E-state index contributed by atoms with van der Waals surface area (Å²) < 4.78 is 16.8. The first-order chi connectivity index (χ1) is 28.5. The largest absolute Gasteiger partial charge is 0.462 e. The van der Waals surface area contributed by atoms with Gasteiger partial charge in [0.2, 0.25) is 0 Å². The molecule has 0 bridgehead atoms. The molecule has 1 atom stereocenters. The molecule has 0 spiro atoms. The maximum Gasteiger partial charge on any atom is 0.306 e. The quantitative estimate of drug-likeness (QED) is 0.0346. The van der Waals surface area contributed by atoms with Gasteiger partial charge in [0.25, 0.3) is 0 Å². The Morgan fingerprint density at radius 3 is 0.690 bits per heavy atom. The van der Waals surface area contributed by atoms with E-state index >= 15 is 0 Å². The van der Waals surface area contributed by atoms with Gasteiger partial charge in [0.15, 0.2) is 6.10 Å². The van der Waals surface area contributed by atoms with Gasteiger partial charge in [-0.25, -0.2) is 0 Å². The molecule has 0 saturated heterocycles. The lowest BCUT2D eigenvalue weighted by atomic mass is 10.0. The van der Waals surface area contributed by atoms with Crippen molar-refractivity contribution in [1.29, 1.82) is 0 Å². The van der Waals surface area contributed by atoms with E-state index in [9.17, 15) is 14.4 Å². The lowest BCUT2D eigenvalue weighted by Gasteiger charge is -2.18.